The van der Waals surface area contributed by atoms with Crippen molar-refractivity contribution in [2.24, 2.45) is 0 Å². The number of aromatic carboxylic acids is 1. The van der Waals surface area contributed by atoms with Crippen molar-refractivity contribution in [3.8, 4) is 0 Å². The third kappa shape index (κ3) is 2.09. The molecule has 1 aromatic rings. The van der Waals surface area contributed by atoms with Gasteiger partial charge in [0.2, 0.25) is 0 Å². The lowest BCUT2D eigenvalue weighted by Gasteiger charge is -2.07. The Morgan fingerprint density at radius 3 is 2.43 bits per heavy atom. The van der Waals surface area contributed by atoms with Crippen molar-refractivity contribution in [3.63, 3.8) is 0 Å². The van der Waals surface area contributed by atoms with Crippen LogP contribution in [0.4, 0.5) is 0 Å². The molecule has 0 bridgehead atoms. The van der Waals surface area contributed by atoms with E-state index in [9.17, 15) is 4.79 Å². The summed E-state index contributed by atoms with van der Waals surface area (Å²) >= 11 is 4.04. The Morgan fingerprint density at radius 2 is 2.00 bits per heavy atom. The second-order valence-electron chi connectivity index (χ2n) is 2.89. The summed E-state index contributed by atoms with van der Waals surface area (Å²) in [6.45, 7) is 1.61. The Bertz CT molecular complexity index is 378. The van der Waals surface area contributed by atoms with Gasteiger partial charge in [0.05, 0.1) is 5.56 Å². The lowest BCUT2D eigenvalue weighted by molar-refractivity contribution is 0.0696. The molecule has 1 aromatic carbocycles. The van der Waals surface area contributed by atoms with E-state index < -0.39 is 13.1 Å². The highest BCUT2D eigenvalue weighted by atomic mass is 32.1. The Labute approximate surface area is 86.8 Å². The van der Waals surface area contributed by atoms with Crippen LogP contribution in [0.1, 0.15) is 15.9 Å². The van der Waals surface area contributed by atoms with Crippen LogP contribution in [0.15, 0.2) is 17.0 Å². The summed E-state index contributed by atoms with van der Waals surface area (Å²) in [5.41, 5.74) is 0.656. The van der Waals surface area contributed by atoms with Crippen LogP contribution in [0, 0.1) is 6.92 Å². The van der Waals surface area contributed by atoms with E-state index >= 15 is 0 Å². The van der Waals surface area contributed by atoms with Crippen LogP contribution < -0.4 is 5.46 Å². The third-order valence-corrected chi connectivity index (χ3v) is 2.40. The minimum Gasteiger partial charge on any atom is -0.478 e. The van der Waals surface area contributed by atoms with Crippen molar-refractivity contribution in [2.75, 3.05) is 0 Å². The Hall–Kier alpha value is -0.975. The second kappa shape index (κ2) is 4.04. The second-order valence-corrected chi connectivity index (χ2v) is 3.37. The molecule has 0 heterocycles. The fraction of sp³-hybridized carbons (Fsp3) is 0.125. The van der Waals surface area contributed by atoms with E-state index in [-0.39, 0.29) is 11.0 Å². The summed E-state index contributed by atoms with van der Waals surface area (Å²) in [7, 11) is -1.68. The van der Waals surface area contributed by atoms with E-state index in [4.69, 9.17) is 15.2 Å². The topological polar surface area (TPSA) is 77.8 Å². The SMILES string of the molecule is Cc1c(S)cc(B(O)O)cc1C(=O)O. The van der Waals surface area contributed by atoms with Crippen molar-refractivity contribution in [2.45, 2.75) is 11.8 Å². The van der Waals surface area contributed by atoms with Gasteiger partial charge in [-0.25, -0.2) is 4.79 Å². The van der Waals surface area contributed by atoms with Gasteiger partial charge in [0.15, 0.2) is 0 Å². The van der Waals surface area contributed by atoms with E-state index in [1.54, 1.807) is 6.92 Å². The standard InChI is InChI=1S/C8H9BO4S/c1-4-6(8(10)11)2-5(9(12)13)3-7(4)14/h2-3,12-14H,1H3,(H,10,11). The number of thiol groups is 1. The fourth-order valence-corrected chi connectivity index (χ4v) is 1.36. The normalized spacial score (nSPS) is 10.0. The van der Waals surface area contributed by atoms with E-state index in [1.165, 1.54) is 12.1 Å². The molecular formula is C8H9BO4S. The summed E-state index contributed by atoms with van der Waals surface area (Å²) in [5, 5.41) is 26.5. The first-order chi connectivity index (χ1) is 6.43. The summed E-state index contributed by atoms with van der Waals surface area (Å²) in [6, 6.07) is 2.65. The van der Waals surface area contributed by atoms with E-state index in [1.807, 2.05) is 0 Å². The molecule has 0 unspecified atom stereocenters. The zero-order valence-electron chi connectivity index (χ0n) is 7.43. The lowest BCUT2D eigenvalue weighted by Crippen LogP contribution is -2.31. The molecule has 3 N–H and O–H groups in total. The molecule has 0 spiro atoms. The zero-order chi connectivity index (χ0) is 10.9. The number of carboxylic acids is 1. The van der Waals surface area contributed by atoms with Gasteiger partial charge in [0.25, 0.3) is 0 Å². The number of carbonyl (C=O) groups is 1. The molecule has 6 heteroatoms. The van der Waals surface area contributed by atoms with Crippen molar-refractivity contribution in [1.82, 2.24) is 0 Å². The first-order valence-electron chi connectivity index (χ1n) is 3.86. The Kier molecular flexibility index (Phi) is 3.20. The predicted octanol–water partition coefficient (Wildman–Crippen LogP) is -0.338. The molecular weight excluding hydrogens is 203 g/mol. The number of hydrogen-bond donors (Lipinski definition) is 4. The molecule has 14 heavy (non-hydrogen) atoms. The Morgan fingerprint density at radius 1 is 1.43 bits per heavy atom. The van der Waals surface area contributed by atoms with Crippen LogP contribution in [-0.2, 0) is 0 Å². The third-order valence-electron chi connectivity index (χ3n) is 1.93. The van der Waals surface area contributed by atoms with E-state index in [0.29, 0.717) is 10.5 Å². The van der Waals surface area contributed by atoms with Crippen molar-refractivity contribution in [3.05, 3.63) is 23.3 Å². The van der Waals surface area contributed by atoms with Gasteiger partial charge >= 0.3 is 13.1 Å². The quantitative estimate of drug-likeness (QED) is 0.399. The van der Waals surface area contributed by atoms with Gasteiger partial charge < -0.3 is 15.2 Å². The van der Waals surface area contributed by atoms with Gasteiger partial charge in [0.1, 0.15) is 0 Å². The summed E-state index contributed by atoms with van der Waals surface area (Å²) in [4.78, 5) is 11.2. The van der Waals surface area contributed by atoms with Crippen molar-refractivity contribution >= 4 is 31.2 Å². The van der Waals surface area contributed by atoms with Crippen LogP contribution in [0.2, 0.25) is 0 Å². The molecule has 0 fully saturated rings. The molecule has 0 amide bonds. The number of rotatable bonds is 2. The molecule has 1 rings (SSSR count). The lowest BCUT2D eigenvalue weighted by atomic mass is 9.79. The van der Waals surface area contributed by atoms with Gasteiger partial charge in [0, 0.05) is 4.90 Å². The first kappa shape index (κ1) is 11.1. The molecule has 0 atom stereocenters. The highest BCUT2D eigenvalue weighted by Gasteiger charge is 2.17. The maximum atomic E-state index is 10.8. The van der Waals surface area contributed by atoms with Gasteiger partial charge in [-0.05, 0) is 30.1 Å². The van der Waals surface area contributed by atoms with Crippen LogP contribution in [-0.4, -0.2) is 28.2 Å². The molecule has 0 aliphatic carbocycles. The maximum absolute atomic E-state index is 10.8. The highest BCUT2D eigenvalue weighted by Crippen LogP contribution is 2.16. The van der Waals surface area contributed by atoms with Gasteiger partial charge in [-0.3, -0.25) is 0 Å². The van der Waals surface area contributed by atoms with Gasteiger partial charge in [-0.1, -0.05) is 0 Å². The van der Waals surface area contributed by atoms with Crippen LogP contribution >= 0.6 is 12.6 Å². The smallest absolute Gasteiger partial charge is 0.478 e. The first-order valence-corrected chi connectivity index (χ1v) is 4.31. The number of hydrogen-bond acceptors (Lipinski definition) is 4. The van der Waals surface area contributed by atoms with Gasteiger partial charge in [-0.15, -0.1) is 12.6 Å². The van der Waals surface area contributed by atoms with Crippen molar-refractivity contribution in [1.29, 1.82) is 0 Å². The van der Waals surface area contributed by atoms with E-state index in [2.05, 4.69) is 12.6 Å². The van der Waals surface area contributed by atoms with Gasteiger partial charge in [-0.2, -0.15) is 0 Å². The minimum absolute atomic E-state index is 0.0283. The number of benzene rings is 1. The zero-order valence-corrected chi connectivity index (χ0v) is 8.32. The minimum atomic E-state index is -1.68. The summed E-state index contributed by atoms with van der Waals surface area (Å²) in [6.07, 6.45) is 0. The summed E-state index contributed by atoms with van der Waals surface area (Å²) in [5.74, 6) is -1.11. The molecule has 74 valence electrons. The van der Waals surface area contributed by atoms with E-state index in [0.717, 1.165) is 0 Å². The van der Waals surface area contributed by atoms with Crippen LogP contribution in [0.3, 0.4) is 0 Å². The molecule has 0 aliphatic rings. The Balaban J connectivity index is 3.35. The monoisotopic (exact) mass is 212 g/mol. The van der Waals surface area contributed by atoms with Crippen LogP contribution in [0.25, 0.3) is 0 Å². The number of carboxylic acid groups (broad SMARTS) is 1. The maximum Gasteiger partial charge on any atom is 0.488 e. The van der Waals surface area contributed by atoms with Crippen LogP contribution in [0.5, 0.6) is 0 Å². The molecule has 0 saturated carbocycles. The average molecular weight is 212 g/mol. The van der Waals surface area contributed by atoms with Crippen molar-refractivity contribution < 1.29 is 19.9 Å². The summed E-state index contributed by atoms with van der Waals surface area (Å²) < 4.78 is 0. The molecule has 0 aliphatic heterocycles. The fourth-order valence-electron chi connectivity index (χ4n) is 1.09. The molecule has 0 radical (unpaired) electrons. The molecule has 0 saturated heterocycles. The average Bonchev–Trinajstić information content (AvgIpc) is 2.08. The largest absolute Gasteiger partial charge is 0.488 e. The highest BCUT2D eigenvalue weighted by molar-refractivity contribution is 7.80. The molecule has 4 nitrogen and oxygen atoms in total. The molecule has 0 aromatic heterocycles. The predicted molar refractivity (Wildman–Crippen MR) is 55.2 cm³/mol.